The zero-order chi connectivity index (χ0) is 33.7. The molecule has 0 atom stereocenters. The third-order valence-electron chi connectivity index (χ3n) is 9.89. The van der Waals surface area contributed by atoms with Gasteiger partial charge in [-0.25, -0.2) is 9.97 Å². The van der Waals surface area contributed by atoms with Gasteiger partial charge in [0.15, 0.2) is 5.82 Å². The summed E-state index contributed by atoms with van der Waals surface area (Å²) in [6.07, 6.45) is 0. The maximum atomic E-state index is 6.34. The highest BCUT2D eigenvalue weighted by Crippen LogP contribution is 2.41. The van der Waals surface area contributed by atoms with Crippen molar-refractivity contribution in [2.24, 2.45) is 0 Å². The van der Waals surface area contributed by atoms with Crippen molar-refractivity contribution in [2.45, 2.75) is 0 Å². The summed E-state index contributed by atoms with van der Waals surface area (Å²) in [6, 6.07) is 63.9. The number of hydrogen-bond donors (Lipinski definition) is 0. The molecule has 0 unspecified atom stereocenters. The third-order valence-corrected chi connectivity index (χ3v) is 9.89. The van der Waals surface area contributed by atoms with E-state index in [1.807, 2.05) is 42.5 Å². The fraction of sp³-hybridized carbons (Fsp3) is 0. The lowest BCUT2D eigenvalue weighted by Crippen LogP contribution is -1.97. The molecule has 0 saturated heterocycles. The Kier molecular flexibility index (Phi) is 6.81. The lowest BCUT2D eigenvalue weighted by Gasteiger charge is -2.15. The largest absolute Gasteiger partial charge is 0.456 e. The van der Waals surface area contributed by atoms with Crippen LogP contribution in [0, 0.1) is 0 Å². The van der Waals surface area contributed by atoms with Crippen molar-refractivity contribution in [1.82, 2.24) is 9.97 Å². The molecule has 10 aromatic rings. The van der Waals surface area contributed by atoms with E-state index >= 15 is 0 Å². The molecular formula is C48H30N2O. The van der Waals surface area contributed by atoms with Crippen molar-refractivity contribution in [3.05, 3.63) is 182 Å². The quantitative estimate of drug-likeness (QED) is 0.137. The molecule has 51 heavy (non-hydrogen) atoms. The highest BCUT2D eigenvalue weighted by Gasteiger charge is 2.17. The van der Waals surface area contributed by atoms with Gasteiger partial charge in [0.1, 0.15) is 11.3 Å². The van der Waals surface area contributed by atoms with Gasteiger partial charge in [-0.15, -0.1) is 0 Å². The summed E-state index contributed by atoms with van der Waals surface area (Å²) in [5, 5.41) is 8.58. The first-order valence-corrected chi connectivity index (χ1v) is 17.2. The molecule has 0 saturated carbocycles. The van der Waals surface area contributed by atoms with E-state index in [0.717, 1.165) is 50.4 Å². The Bertz CT molecular complexity index is 2870. The predicted molar refractivity (Wildman–Crippen MR) is 212 cm³/mol. The lowest BCUT2D eigenvalue weighted by molar-refractivity contribution is 0.632. The second kappa shape index (κ2) is 11.9. The molecule has 3 nitrogen and oxygen atoms in total. The SMILES string of the molecule is c1ccc(-c2nc(-c3ccc(-c4c5ccccc5cc5c4ccc4ccccc45)cc3)cc(-c3ccccc3-c3cc4ccccc4o3)n2)cc1. The zero-order valence-electron chi connectivity index (χ0n) is 27.6. The summed E-state index contributed by atoms with van der Waals surface area (Å²) >= 11 is 0. The Labute approximate surface area is 295 Å². The van der Waals surface area contributed by atoms with Crippen LogP contribution in [0.25, 0.3) is 99.6 Å². The standard InChI is InChI=1S/C48H30N2O/c1-2-13-34(14-3-1)48-49-43(30-44(50-48)39-19-9-10-20-40(39)46-29-36-16-6-11-21-45(36)51-46)32-22-24-33(25-23-32)47-38-18-8-5-15-35(38)28-42-37-17-7-4-12-31(37)26-27-41(42)47/h1-30H. The Morgan fingerprint density at radius 2 is 1.00 bits per heavy atom. The minimum Gasteiger partial charge on any atom is -0.456 e. The lowest BCUT2D eigenvalue weighted by atomic mass is 9.89. The van der Waals surface area contributed by atoms with Crippen molar-refractivity contribution in [3.63, 3.8) is 0 Å². The van der Waals surface area contributed by atoms with E-state index in [-0.39, 0.29) is 0 Å². The van der Waals surface area contributed by atoms with Crippen LogP contribution in [0.5, 0.6) is 0 Å². The molecule has 0 N–H and O–H groups in total. The topological polar surface area (TPSA) is 38.9 Å². The number of nitrogens with zero attached hydrogens (tertiary/aromatic N) is 2. The molecule has 0 aliphatic carbocycles. The van der Waals surface area contributed by atoms with Gasteiger partial charge in [0, 0.05) is 27.6 Å². The van der Waals surface area contributed by atoms with Gasteiger partial charge >= 0.3 is 0 Å². The van der Waals surface area contributed by atoms with Crippen molar-refractivity contribution in [2.75, 3.05) is 0 Å². The van der Waals surface area contributed by atoms with Crippen LogP contribution in [0.2, 0.25) is 0 Å². The van der Waals surface area contributed by atoms with E-state index in [1.54, 1.807) is 0 Å². The second-order valence-electron chi connectivity index (χ2n) is 13.0. The van der Waals surface area contributed by atoms with Crippen molar-refractivity contribution < 1.29 is 4.42 Å². The van der Waals surface area contributed by atoms with Crippen LogP contribution in [-0.2, 0) is 0 Å². The number of rotatable bonds is 5. The van der Waals surface area contributed by atoms with Crippen LogP contribution in [0.3, 0.4) is 0 Å². The van der Waals surface area contributed by atoms with Crippen molar-refractivity contribution in [1.29, 1.82) is 0 Å². The van der Waals surface area contributed by atoms with Gasteiger partial charge in [-0.05, 0) is 67.7 Å². The second-order valence-corrected chi connectivity index (χ2v) is 13.0. The van der Waals surface area contributed by atoms with Gasteiger partial charge < -0.3 is 4.42 Å². The van der Waals surface area contributed by atoms with Gasteiger partial charge in [0.2, 0.25) is 0 Å². The summed E-state index contributed by atoms with van der Waals surface area (Å²) in [6.45, 7) is 0. The molecule has 0 spiro atoms. The normalized spacial score (nSPS) is 11.5. The van der Waals surface area contributed by atoms with Gasteiger partial charge in [0.05, 0.1) is 11.4 Å². The number of hydrogen-bond acceptors (Lipinski definition) is 3. The molecule has 0 amide bonds. The molecule has 2 aromatic heterocycles. The van der Waals surface area contributed by atoms with E-state index in [4.69, 9.17) is 14.4 Å². The Hall–Kier alpha value is -6.84. The molecule has 0 fully saturated rings. The Balaban J connectivity index is 1.13. The molecule has 10 rings (SSSR count). The fourth-order valence-corrected chi connectivity index (χ4v) is 7.42. The first-order valence-electron chi connectivity index (χ1n) is 17.2. The van der Waals surface area contributed by atoms with E-state index in [1.165, 1.54) is 43.4 Å². The van der Waals surface area contributed by atoms with Gasteiger partial charge in [0.25, 0.3) is 0 Å². The van der Waals surface area contributed by atoms with Crippen LogP contribution in [0.4, 0.5) is 0 Å². The van der Waals surface area contributed by atoms with Crippen LogP contribution >= 0.6 is 0 Å². The summed E-state index contributed by atoms with van der Waals surface area (Å²) < 4.78 is 6.34. The number of furan rings is 1. The number of benzene rings is 8. The summed E-state index contributed by atoms with van der Waals surface area (Å²) in [4.78, 5) is 10.3. The minimum atomic E-state index is 0.679. The fourth-order valence-electron chi connectivity index (χ4n) is 7.42. The smallest absolute Gasteiger partial charge is 0.160 e. The van der Waals surface area contributed by atoms with Crippen LogP contribution in [-0.4, -0.2) is 9.97 Å². The minimum absolute atomic E-state index is 0.679. The molecule has 0 aliphatic rings. The monoisotopic (exact) mass is 650 g/mol. The van der Waals surface area contributed by atoms with Gasteiger partial charge in [-0.3, -0.25) is 0 Å². The number of fused-ring (bicyclic) bond motifs is 5. The highest BCUT2D eigenvalue weighted by molar-refractivity contribution is 6.20. The van der Waals surface area contributed by atoms with E-state index in [2.05, 4.69) is 140 Å². The average molecular weight is 651 g/mol. The van der Waals surface area contributed by atoms with E-state index in [9.17, 15) is 0 Å². The summed E-state index contributed by atoms with van der Waals surface area (Å²) in [5.74, 6) is 1.49. The predicted octanol–water partition coefficient (Wildman–Crippen LogP) is 13.0. The van der Waals surface area contributed by atoms with Gasteiger partial charge in [-0.1, -0.05) is 158 Å². The van der Waals surface area contributed by atoms with Gasteiger partial charge in [-0.2, -0.15) is 0 Å². The number of para-hydroxylation sites is 1. The maximum Gasteiger partial charge on any atom is 0.160 e. The summed E-state index contributed by atoms with van der Waals surface area (Å²) in [5.41, 5.74) is 8.94. The molecule has 2 heterocycles. The van der Waals surface area contributed by atoms with E-state index < -0.39 is 0 Å². The molecule has 0 aliphatic heterocycles. The molecule has 8 aromatic carbocycles. The Morgan fingerprint density at radius 3 is 1.82 bits per heavy atom. The molecule has 3 heteroatoms. The molecular weight excluding hydrogens is 621 g/mol. The van der Waals surface area contributed by atoms with Crippen LogP contribution < -0.4 is 0 Å². The number of aromatic nitrogens is 2. The summed E-state index contributed by atoms with van der Waals surface area (Å²) in [7, 11) is 0. The van der Waals surface area contributed by atoms with Crippen LogP contribution in [0.1, 0.15) is 0 Å². The van der Waals surface area contributed by atoms with Crippen molar-refractivity contribution >= 4 is 43.3 Å². The molecule has 0 bridgehead atoms. The first-order chi connectivity index (χ1) is 25.3. The third kappa shape index (κ3) is 5.06. The first kappa shape index (κ1) is 29.1. The van der Waals surface area contributed by atoms with E-state index in [0.29, 0.717) is 5.82 Å². The highest BCUT2D eigenvalue weighted by atomic mass is 16.3. The Morgan fingerprint density at radius 1 is 0.353 bits per heavy atom. The van der Waals surface area contributed by atoms with Crippen LogP contribution in [0.15, 0.2) is 186 Å². The zero-order valence-corrected chi connectivity index (χ0v) is 27.6. The average Bonchev–Trinajstić information content (AvgIpc) is 3.65. The van der Waals surface area contributed by atoms with Crippen molar-refractivity contribution in [3.8, 4) is 56.4 Å². The molecule has 0 radical (unpaired) electrons. The maximum absolute atomic E-state index is 6.34. The molecule has 238 valence electrons.